The second-order valence-electron chi connectivity index (χ2n) is 9.82. The van der Waals surface area contributed by atoms with Gasteiger partial charge in [-0.2, -0.15) is 10.2 Å². The van der Waals surface area contributed by atoms with Gasteiger partial charge in [-0.05, 0) is 45.2 Å². The fourth-order valence-corrected chi connectivity index (χ4v) is 3.84. The smallest absolute Gasteiger partial charge is 0.271 e. The highest BCUT2D eigenvalue weighted by Crippen LogP contribution is 2.20. The predicted molar refractivity (Wildman–Crippen MR) is 140 cm³/mol. The van der Waals surface area contributed by atoms with Gasteiger partial charge in [0.05, 0.1) is 11.2 Å². The van der Waals surface area contributed by atoms with Crippen molar-refractivity contribution in [2.24, 2.45) is 0 Å². The van der Waals surface area contributed by atoms with E-state index < -0.39 is 5.54 Å². The van der Waals surface area contributed by atoms with Crippen molar-refractivity contribution in [1.82, 2.24) is 30.2 Å². The van der Waals surface area contributed by atoms with Gasteiger partial charge in [0, 0.05) is 36.6 Å². The number of hydrogen-bond donors (Lipinski definition) is 3. The van der Waals surface area contributed by atoms with Crippen LogP contribution in [-0.2, 0) is 4.79 Å². The van der Waals surface area contributed by atoms with E-state index in [1.54, 1.807) is 21.8 Å². The van der Waals surface area contributed by atoms with Crippen molar-refractivity contribution in [1.29, 1.82) is 5.41 Å². The zero-order valence-electron chi connectivity index (χ0n) is 21.6. The van der Waals surface area contributed by atoms with E-state index in [0.29, 0.717) is 37.1 Å². The number of amides is 2. The number of carbonyl (C=O) groups is 2. The fraction of sp³-hybridized carbons (Fsp3) is 0.370. The molecule has 36 heavy (non-hydrogen) atoms. The fourth-order valence-electron chi connectivity index (χ4n) is 3.84. The lowest BCUT2D eigenvalue weighted by Crippen LogP contribution is -2.50. The van der Waals surface area contributed by atoms with Gasteiger partial charge in [-0.15, -0.1) is 0 Å². The van der Waals surface area contributed by atoms with E-state index in [4.69, 9.17) is 10.5 Å². The number of rotatable bonds is 11. The molecule has 0 saturated heterocycles. The molecule has 2 aromatic heterocycles. The minimum Gasteiger partial charge on any atom is -0.352 e. The Labute approximate surface area is 211 Å². The lowest BCUT2D eigenvalue weighted by molar-refractivity contribution is -0.111. The molecule has 2 amide bonds. The molecule has 0 aliphatic heterocycles. The van der Waals surface area contributed by atoms with Crippen molar-refractivity contribution in [2.45, 2.75) is 52.5 Å². The molecule has 0 fully saturated rings. The second kappa shape index (κ2) is 11.6. The summed E-state index contributed by atoms with van der Waals surface area (Å²) in [6.45, 7) is 10.6. The third-order valence-corrected chi connectivity index (χ3v) is 5.85. The first-order valence-corrected chi connectivity index (χ1v) is 12.0. The molecule has 3 aromatic rings. The summed E-state index contributed by atoms with van der Waals surface area (Å²) in [4.78, 5) is 25.7. The number of nitrogens with zero attached hydrogens (tertiary/aromatic N) is 4. The summed E-state index contributed by atoms with van der Waals surface area (Å²) in [5.41, 5.74) is 4.00. The number of H-pyrrole nitrogens is 1. The number of nitrogens with one attached hydrogen (secondary N) is 3. The zero-order chi connectivity index (χ0) is 26.3. The average molecular weight is 490 g/mol. The SMILES string of the molecule is Cc1ccc(-c2cc(C(C)C)c(=N)n(/C=C/CCN(CC(C)(C)NC=O)C(=O)c3ccn[nH]3)n2)cc1. The Morgan fingerprint density at radius 3 is 2.58 bits per heavy atom. The predicted octanol–water partition coefficient (Wildman–Crippen LogP) is 3.71. The first kappa shape index (κ1) is 26.6. The van der Waals surface area contributed by atoms with Crippen molar-refractivity contribution in [2.75, 3.05) is 13.1 Å². The van der Waals surface area contributed by atoms with E-state index in [1.807, 2.05) is 57.2 Å². The summed E-state index contributed by atoms with van der Waals surface area (Å²) in [6.07, 6.45) is 6.40. The van der Waals surface area contributed by atoms with Gasteiger partial charge in [0.2, 0.25) is 6.41 Å². The van der Waals surface area contributed by atoms with Crippen molar-refractivity contribution in [3.05, 3.63) is 71.0 Å². The maximum absolute atomic E-state index is 13.0. The summed E-state index contributed by atoms with van der Waals surface area (Å²) in [5.74, 6) is -0.0310. The molecular formula is C27H35N7O2. The van der Waals surface area contributed by atoms with E-state index in [2.05, 4.69) is 29.4 Å². The van der Waals surface area contributed by atoms with Gasteiger partial charge >= 0.3 is 0 Å². The van der Waals surface area contributed by atoms with Gasteiger partial charge in [0.15, 0.2) is 0 Å². The first-order chi connectivity index (χ1) is 17.1. The Morgan fingerprint density at radius 2 is 1.97 bits per heavy atom. The standard InChI is InChI=1S/C27H35N7O2/c1-19(2)22-16-24(21-10-8-20(3)9-11-21)32-34(25(22)28)15-7-6-14-33(17-27(4,5)29-18-35)26(36)23-12-13-30-31-23/h7-13,15-16,18-19,28H,6,14,17H2,1-5H3,(H,29,35)(H,30,31)/b15-7+,28-25?. The molecule has 190 valence electrons. The molecule has 0 unspecified atom stereocenters. The van der Waals surface area contributed by atoms with Gasteiger partial charge in [0.25, 0.3) is 5.91 Å². The topological polar surface area (TPSA) is 120 Å². The lowest BCUT2D eigenvalue weighted by atomic mass is 10.0. The Balaban J connectivity index is 1.83. The van der Waals surface area contributed by atoms with Gasteiger partial charge < -0.3 is 10.2 Å². The molecule has 0 atom stereocenters. The van der Waals surface area contributed by atoms with Crippen LogP contribution in [0.1, 0.15) is 61.6 Å². The Bertz CT molecular complexity index is 1260. The maximum Gasteiger partial charge on any atom is 0.271 e. The summed E-state index contributed by atoms with van der Waals surface area (Å²) < 4.78 is 1.59. The normalized spacial score (nSPS) is 11.7. The van der Waals surface area contributed by atoms with Crippen LogP contribution in [0, 0.1) is 12.3 Å². The van der Waals surface area contributed by atoms with E-state index in [9.17, 15) is 9.59 Å². The number of benzene rings is 1. The van der Waals surface area contributed by atoms with Crippen LogP contribution in [0.25, 0.3) is 17.5 Å². The van der Waals surface area contributed by atoms with E-state index >= 15 is 0 Å². The molecule has 0 radical (unpaired) electrons. The van der Waals surface area contributed by atoms with E-state index in [-0.39, 0.29) is 11.8 Å². The van der Waals surface area contributed by atoms with Crippen molar-refractivity contribution in [3.8, 4) is 11.3 Å². The minimum absolute atomic E-state index is 0.166. The third-order valence-electron chi connectivity index (χ3n) is 5.85. The van der Waals surface area contributed by atoms with Crippen molar-refractivity contribution < 1.29 is 9.59 Å². The summed E-state index contributed by atoms with van der Waals surface area (Å²) in [5, 5.41) is 22.7. The van der Waals surface area contributed by atoms with Crippen LogP contribution in [0.4, 0.5) is 0 Å². The molecule has 0 aliphatic carbocycles. The molecule has 9 heteroatoms. The van der Waals surface area contributed by atoms with Crippen molar-refractivity contribution in [3.63, 3.8) is 0 Å². The van der Waals surface area contributed by atoms with Crippen LogP contribution >= 0.6 is 0 Å². The minimum atomic E-state index is -0.597. The second-order valence-corrected chi connectivity index (χ2v) is 9.82. The van der Waals surface area contributed by atoms with Crippen LogP contribution in [0.5, 0.6) is 0 Å². The summed E-state index contributed by atoms with van der Waals surface area (Å²) in [6, 6.07) is 11.8. The summed E-state index contributed by atoms with van der Waals surface area (Å²) in [7, 11) is 0. The van der Waals surface area contributed by atoms with Crippen LogP contribution in [0.2, 0.25) is 0 Å². The molecular weight excluding hydrogens is 454 g/mol. The van der Waals surface area contributed by atoms with E-state index in [1.165, 1.54) is 11.8 Å². The van der Waals surface area contributed by atoms with Crippen LogP contribution in [0.15, 0.2) is 48.7 Å². The van der Waals surface area contributed by atoms with Crippen LogP contribution in [-0.4, -0.2) is 55.8 Å². The Kier molecular flexibility index (Phi) is 8.58. The maximum atomic E-state index is 13.0. The zero-order valence-corrected chi connectivity index (χ0v) is 21.6. The largest absolute Gasteiger partial charge is 0.352 e. The molecule has 0 spiro atoms. The highest BCUT2D eigenvalue weighted by molar-refractivity contribution is 5.92. The summed E-state index contributed by atoms with van der Waals surface area (Å²) >= 11 is 0. The average Bonchev–Trinajstić information content (AvgIpc) is 3.36. The van der Waals surface area contributed by atoms with Gasteiger partial charge in [-0.25, -0.2) is 4.68 Å². The number of aryl methyl sites for hydroxylation is 1. The number of carbonyl (C=O) groups excluding carboxylic acids is 2. The Morgan fingerprint density at radius 1 is 1.25 bits per heavy atom. The highest BCUT2D eigenvalue weighted by atomic mass is 16.2. The molecule has 1 aromatic carbocycles. The van der Waals surface area contributed by atoms with Gasteiger partial charge in [-0.1, -0.05) is 49.8 Å². The Hall–Kier alpha value is -4.01. The number of hydrogen-bond acceptors (Lipinski definition) is 5. The third kappa shape index (κ3) is 6.78. The lowest BCUT2D eigenvalue weighted by Gasteiger charge is -2.32. The first-order valence-electron chi connectivity index (χ1n) is 12.0. The molecule has 3 rings (SSSR count). The number of aromatic amines is 1. The van der Waals surface area contributed by atoms with Gasteiger partial charge in [0.1, 0.15) is 11.2 Å². The molecule has 9 nitrogen and oxygen atoms in total. The monoisotopic (exact) mass is 489 g/mol. The molecule has 3 N–H and O–H groups in total. The van der Waals surface area contributed by atoms with Gasteiger partial charge in [-0.3, -0.25) is 20.1 Å². The molecule has 2 heterocycles. The van der Waals surface area contributed by atoms with Crippen molar-refractivity contribution >= 4 is 18.5 Å². The molecule has 0 saturated carbocycles. The quantitative estimate of drug-likeness (QED) is 0.356. The number of aromatic nitrogens is 4. The van der Waals surface area contributed by atoms with Crippen LogP contribution < -0.4 is 10.8 Å². The molecule has 0 aliphatic rings. The molecule has 0 bridgehead atoms. The van der Waals surface area contributed by atoms with E-state index in [0.717, 1.165) is 16.8 Å². The highest BCUT2D eigenvalue weighted by Gasteiger charge is 2.25. The van der Waals surface area contributed by atoms with Crippen LogP contribution in [0.3, 0.4) is 0 Å².